The number of benzene rings is 1. The van der Waals surface area contributed by atoms with Gasteiger partial charge >= 0.3 is 5.63 Å². The van der Waals surface area contributed by atoms with Crippen molar-refractivity contribution in [3.05, 3.63) is 45.0 Å². The molecule has 0 amide bonds. The fourth-order valence-corrected chi connectivity index (χ4v) is 3.55. The predicted octanol–water partition coefficient (Wildman–Crippen LogP) is 4.29. The van der Waals surface area contributed by atoms with Crippen LogP contribution < -0.4 is 5.63 Å². The monoisotopic (exact) mass is 282 g/mol. The molecular formula is C18H18O3. The number of rotatable bonds is 1. The summed E-state index contributed by atoms with van der Waals surface area (Å²) in [5.41, 5.74) is 4.42. The first-order chi connectivity index (χ1) is 10.2. The fourth-order valence-electron chi connectivity index (χ4n) is 3.55. The van der Waals surface area contributed by atoms with E-state index >= 15 is 0 Å². The van der Waals surface area contributed by atoms with E-state index in [0.29, 0.717) is 12.0 Å². The zero-order valence-electron chi connectivity index (χ0n) is 12.4. The summed E-state index contributed by atoms with van der Waals surface area (Å²) in [7, 11) is 0. The first-order valence-electron chi connectivity index (χ1n) is 7.69. The van der Waals surface area contributed by atoms with Gasteiger partial charge in [0.1, 0.15) is 16.9 Å². The number of aryl methyl sites for hydroxylation is 3. The van der Waals surface area contributed by atoms with Crippen LogP contribution in [-0.4, -0.2) is 0 Å². The summed E-state index contributed by atoms with van der Waals surface area (Å²) in [5, 5.41) is 2.23. The molecule has 0 bridgehead atoms. The predicted molar refractivity (Wildman–Crippen MR) is 83.0 cm³/mol. The van der Waals surface area contributed by atoms with Crippen molar-refractivity contribution in [1.82, 2.24) is 0 Å². The maximum absolute atomic E-state index is 12.0. The van der Waals surface area contributed by atoms with E-state index in [1.807, 2.05) is 19.9 Å². The standard InChI is InChI=1S/C18H18O3/c1-3-11-10(2)13-8-14-12-6-4-5-7-15(12)20-17(14)9-16(13)21-18(11)19/h8-9H,3-7H2,1-2H3. The largest absolute Gasteiger partial charge is 0.461 e. The van der Waals surface area contributed by atoms with Gasteiger partial charge in [0, 0.05) is 34.4 Å². The Morgan fingerprint density at radius 3 is 2.62 bits per heavy atom. The van der Waals surface area contributed by atoms with E-state index in [2.05, 4.69) is 6.07 Å². The molecule has 3 heteroatoms. The lowest BCUT2D eigenvalue weighted by Gasteiger charge is -2.09. The lowest BCUT2D eigenvalue weighted by Crippen LogP contribution is -2.08. The molecule has 2 aromatic heterocycles. The maximum atomic E-state index is 12.0. The number of fused-ring (bicyclic) bond motifs is 4. The average molecular weight is 282 g/mol. The van der Waals surface area contributed by atoms with E-state index in [0.717, 1.165) is 40.7 Å². The Balaban J connectivity index is 2.11. The second-order valence-electron chi connectivity index (χ2n) is 5.90. The van der Waals surface area contributed by atoms with Gasteiger partial charge < -0.3 is 8.83 Å². The van der Waals surface area contributed by atoms with Gasteiger partial charge in [-0.05, 0) is 44.2 Å². The summed E-state index contributed by atoms with van der Waals surface area (Å²) in [5.74, 6) is 1.11. The molecule has 3 aromatic rings. The van der Waals surface area contributed by atoms with Crippen LogP contribution in [-0.2, 0) is 19.3 Å². The van der Waals surface area contributed by atoms with Crippen molar-refractivity contribution in [3.8, 4) is 0 Å². The minimum Gasteiger partial charge on any atom is -0.461 e. The summed E-state index contributed by atoms with van der Waals surface area (Å²) in [6.45, 7) is 4.00. The Labute approximate surface area is 122 Å². The fraction of sp³-hybridized carbons (Fsp3) is 0.389. The SMILES string of the molecule is CCc1c(C)c2cc3c4c(oc3cc2oc1=O)CCCC4. The van der Waals surface area contributed by atoms with E-state index in [9.17, 15) is 4.79 Å². The van der Waals surface area contributed by atoms with Gasteiger partial charge in [0.25, 0.3) is 0 Å². The Kier molecular flexibility index (Phi) is 2.71. The van der Waals surface area contributed by atoms with Gasteiger partial charge in [-0.15, -0.1) is 0 Å². The van der Waals surface area contributed by atoms with Gasteiger partial charge in [0.15, 0.2) is 0 Å². The molecule has 1 aromatic carbocycles. The van der Waals surface area contributed by atoms with Crippen LogP contribution in [0.15, 0.2) is 25.8 Å². The zero-order valence-corrected chi connectivity index (χ0v) is 12.4. The molecule has 0 aliphatic heterocycles. The zero-order chi connectivity index (χ0) is 14.6. The third-order valence-electron chi connectivity index (χ3n) is 4.72. The van der Waals surface area contributed by atoms with Crippen molar-refractivity contribution in [2.24, 2.45) is 0 Å². The summed E-state index contributed by atoms with van der Waals surface area (Å²) >= 11 is 0. The van der Waals surface area contributed by atoms with E-state index in [1.165, 1.54) is 23.8 Å². The molecule has 2 heterocycles. The molecule has 0 saturated carbocycles. The summed E-state index contributed by atoms with van der Waals surface area (Å²) in [6.07, 6.45) is 5.22. The minimum atomic E-state index is -0.224. The van der Waals surface area contributed by atoms with Crippen LogP contribution >= 0.6 is 0 Å². The first-order valence-corrected chi connectivity index (χ1v) is 7.69. The molecular weight excluding hydrogens is 264 g/mol. The maximum Gasteiger partial charge on any atom is 0.339 e. The van der Waals surface area contributed by atoms with E-state index in [-0.39, 0.29) is 5.63 Å². The first kappa shape index (κ1) is 12.7. The molecule has 0 fully saturated rings. The van der Waals surface area contributed by atoms with Crippen molar-refractivity contribution in [3.63, 3.8) is 0 Å². The van der Waals surface area contributed by atoms with Crippen molar-refractivity contribution in [1.29, 1.82) is 0 Å². The second kappa shape index (κ2) is 4.48. The normalized spacial score (nSPS) is 14.8. The third-order valence-corrected chi connectivity index (χ3v) is 4.72. The molecule has 0 atom stereocenters. The highest BCUT2D eigenvalue weighted by Gasteiger charge is 2.19. The molecule has 1 aliphatic rings. The highest BCUT2D eigenvalue weighted by Crippen LogP contribution is 2.35. The molecule has 3 nitrogen and oxygen atoms in total. The molecule has 0 unspecified atom stereocenters. The highest BCUT2D eigenvalue weighted by atomic mass is 16.4. The quantitative estimate of drug-likeness (QED) is 0.625. The van der Waals surface area contributed by atoms with Crippen LogP contribution in [0.25, 0.3) is 21.9 Å². The summed E-state index contributed by atoms with van der Waals surface area (Å²) < 4.78 is 11.5. The Hall–Kier alpha value is -2.03. The number of hydrogen-bond donors (Lipinski definition) is 0. The Morgan fingerprint density at radius 2 is 1.81 bits per heavy atom. The van der Waals surface area contributed by atoms with E-state index < -0.39 is 0 Å². The molecule has 4 rings (SSSR count). The Bertz CT molecular complexity index is 912. The Morgan fingerprint density at radius 1 is 1.05 bits per heavy atom. The number of hydrogen-bond acceptors (Lipinski definition) is 3. The van der Waals surface area contributed by atoms with Gasteiger partial charge in [-0.1, -0.05) is 6.92 Å². The van der Waals surface area contributed by atoms with Crippen LogP contribution in [0.5, 0.6) is 0 Å². The smallest absolute Gasteiger partial charge is 0.339 e. The van der Waals surface area contributed by atoms with Crippen LogP contribution in [0.2, 0.25) is 0 Å². The average Bonchev–Trinajstić information content (AvgIpc) is 2.83. The van der Waals surface area contributed by atoms with Gasteiger partial charge in [0.2, 0.25) is 0 Å². The van der Waals surface area contributed by atoms with Crippen molar-refractivity contribution in [2.75, 3.05) is 0 Å². The highest BCUT2D eigenvalue weighted by molar-refractivity contribution is 5.97. The van der Waals surface area contributed by atoms with Crippen LogP contribution in [0.3, 0.4) is 0 Å². The molecule has 0 saturated heterocycles. The van der Waals surface area contributed by atoms with Crippen molar-refractivity contribution < 1.29 is 8.83 Å². The summed E-state index contributed by atoms with van der Waals surface area (Å²) in [4.78, 5) is 12.0. The lowest BCUT2D eigenvalue weighted by molar-refractivity contribution is 0.505. The van der Waals surface area contributed by atoms with Gasteiger partial charge in [-0.25, -0.2) is 4.79 Å². The summed E-state index contributed by atoms with van der Waals surface area (Å²) in [6, 6.07) is 4.03. The third kappa shape index (κ3) is 1.76. The second-order valence-corrected chi connectivity index (χ2v) is 5.90. The van der Waals surface area contributed by atoms with Crippen LogP contribution in [0.1, 0.15) is 42.2 Å². The molecule has 0 radical (unpaired) electrons. The van der Waals surface area contributed by atoms with E-state index in [4.69, 9.17) is 8.83 Å². The van der Waals surface area contributed by atoms with Crippen molar-refractivity contribution >= 4 is 21.9 Å². The molecule has 0 spiro atoms. The molecule has 1 aliphatic carbocycles. The topological polar surface area (TPSA) is 43.4 Å². The van der Waals surface area contributed by atoms with Gasteiger partial charge in [0.05, 0.1) is 0 Å². The van der Waals surface area contributed by atoms with Crippen LogP contribution in [0.4, 0.5) is 0 Å². The lowest BCUT2D eigenvalue weighted by atomic mass is 9.94. The molecule has 108 valence electrons. The molecule has 21 heavy (non-hydrogen) atoms. The molecule has 0 N–H and O–H groups in total. The van der Waals surface area contributed by atoms with Gasteiger partial charge in [-0.2, -0.15) is 0 Å². The van der Waals surface area contributed by atoms with Crippen LogP contribution in [0, 0.1) is 6.92 Å². The van der Waals surface area contributed by atoms with Crippen molar-refractivity contribution in [2.45, 2.75) is 46.0 Å². The minimum absolute atomic E-state index is 0.224. The number of furan rings is 1. The van der Waals surface area contributed by atoms with Gasteiger partial charge in [-0.3, -0.25) is 0 Å². The van der Waals surface area contributed by atoms with E-state index in [1.54, 1.807) is 0 Å².